The Labute approximate surface area is 162 Å². The van der Waals surface area contributed by atoms with Crippen molar-refractivity contribution in [2.75, 3.05) is 11.9 Å². The van der Waals surface area contributed by atoms with Gasteiger partial charge in [0.25, 0.3) is 0 Å². The first-order chi connectivity index (χ1) is 13.3. The van der Waals surface area contributed by atoms with Crippen molar-refractivity contribution in [3.63, 3.8) is 0 Å². The molecule has 1 saturated heterocycles. The highest BCUT2D eigenvalue weighted by molar-refractivity contribution is 6.55. The summed E-state index contributed by atoms with van der Waals surface area (Å²) >= 11 is 0. The molecule has 2 radical (unpaired) electrons. The normalized spacial score (nSPS) is 21.6. The molecule has 5 N–H and O–H groups in total. The van der Waals surface area contributed by atoms with Crippen LogP contribution in [0.5, 0.6) is 5.75 Å². The van der Waals surface area contributed by atoms with Gasteiger partial charge in [0, 0.05) is 25.8 Å². The minimum atomic E-state index is -1.21. The number of carbonyl (C=O) groups excluding carboxylic acids is 2. The summed E-state index contributed by atoms with van der Waals surface area (Å²) in [6.07, 6.45) is -3.04. The molecular weight excluding hydrogens is 371 g/mol. The van der Waals surface area contributed by atoms with Gasteiger partial charge in [-0.3, -0.25) is 9.59 Å². The van der Waals surface area contributed by atoms with E-state index in [4.69, 9.17) is 32.9 Å². The minimum absolute atomic E-state index is 0.0430. The average Bonchev–Trinajstić information content (AvgIpc) is 2.61. The van der Waals surface area contributed by atoms with E-state index in [1.165, 1.54) is 12.1 Å². The van der Waals surface area contributed by atoms with E-state index in [0.29, 0.717) is 5.56 Å². The number of carboxylic acid groups (broad SMARTS) is 1. The molecule has 1 fully saturated rings. The zero-order valence-electron chi connectivity index (χ0n) is 15.0. The van der Waals surface area contributed by atoms with Gasteiger partial charge in [-0.25, -0.2) is 4.79 Å². The third kappa shape index (κ3) is 6.52. The highest BCUT2D eigenvalue weighted by Gasteiger charge is 2.34. The van der Waals surface area contributed by atoms with E-state index in [-0.39, 0.29) is 49.8 Å². The Morgan fingerprint density at radius 1 is 1.32 bits per heavy atom. The van der Waals surface area contributed by atoms with Crippen LogP contribution in [-0.4, -0.2) is 60.8 Å². The Kier molecular flexibility index (Phi) is 7.79. The molecule has 0 aliphatic carbocycles. The monoisotopic (exact) mass is 392 g/mol. The van der Waals surface area contributed by atoms with Crippen molar-refractivity contribution in [3.8, 4) is 5.75 Å². The zero-order chi connectivity index (χ0) is 20.7. The van der Waals surface area contributed by atoms with Crippen molar-refractivity contribution < 1.29 is 38.8 Å². The number of rotatable bonds is 8. The van der Waals surface area contributed by atoms with E-state index in [2.05, 4.69) is 5.32 Å². The van der Waals surface area contributed by atoms with Crippen LogP contribution in [0, 0.1) is 0 Å². The molecule has 10 nitrogen and oxygen atoms in total. The number of nitrogens with two attached hydrogens (primary N) is 1. The predicted molar refractivity (Wildman–Crippen MR) is 96.8 cm³/mol. The molecule has 1 amide bonds. The SMILES string of the molecule is [B]C(=O)OCc1ccc(O[C@H]2C[C@@H](O)C[C@@H](C(=O)O)O2)c(NC(=O)CCN)c1. The zero-order valence-corrected chi connectivity index (χ0v) is 15.0. The summed E-state index contributed by atoms with van der Waals surface area (Å²) in [5.74, 6) is -2.33. The molecule has 1 aromatic carbocycles. The van der Waals surface area contributed by atoms with Crippen LogP contribution in [0.2, 0.25) is 0 Å². The number of hydrogen-bond acceptors (Lipinski definition) is 8. The van der Waals surface area contributed by atoms with Crippen LogP contribution in [-0.2, 0) is 25.7 Å². The molecule has 28 heavy (non-hydrogen) atoms. The van der Waals surface area contributed by atoms with Crippen LogP contribution in [0.25, 0.3) is 0 Å². The molecule has 0 unspecified atom stereocenters. The van der Waals surface area contributed by atoms with Gasteiger partial charge < -0.3 is 35.5 Å². The predicted octanol–water partition coefficient (Wildman–Crippen LogP) is 0.108. The van der Waals surface area contributed by atoms with Crippen LogP contribution >= 0.6 is 0 Å². The number of carboxylic acids is 1. The molecule has 0 saturated carbocycles. The molecule has 1 aromatic rings. The molecule has 0 bridgehead atoms. The topological polar surface area (TPSA) is 157 Å². The molecule has 3 atom stereocenters. The second-order valence-electron chi connectivity index (χ2n) is 6.16. The lowest BCUT2D eigenvalue weighted by atomic mass is 10.1. The summed E-state index contributed by atoms with van der Waals surface area (Å²) < 4.78 is 15.7. The van der Waals surface area contributed by atoms with Crippen LogP contribution in [0.1, 0.15) is 24.8 Å². The first kappa shape index (κ1) is 21.7. The van der Waals surface area contributed by atoms with Crippen LogP contribution in [0.3, 0.4) is 0 Å². The number of ether oxygens (including phenoxy) is 3. The van der Waals surface area contributed by atoms with Gasteiger partial charge in [-0.1, -0.05) is 6.07 Å². The van der Waals surface area contributed by atoms with Crippen molar-refractivity contribution in [1.29, 1.82) is 0 Å². The van der Waals surface area contributed by atoms with Gasteiger partial charge in [-0.2, -0.15) is 0 Å². The van der Waals surface area contributed by atoms with E-state index in [1.54, 1.807) is 6.07 Å². The molecular formula is C17H21BN2O8. The minimum Gasteiger partial charge on any atom is -0.479 e. The smallest absolute Gasteiger partial charge is 0.333 e. The summed E-state index contributed by atoms with van der Waals surface area (Å²) in [7, 11) is 4.94. The summed E-state index contributed by atoms with van der Waals surface area (Å²) in [6, 6.07) is 4.59. The van der Waals surface area contributed by atoms with Gasteiger partial charge in [0.05, 0.1) is 11.8 Å². The van der Waals surface area contributed by atoms with E-state index in [1.807, 2.05) is 0 Å². The second-order valence-corrected chi connectivity index (χ2v) is 6.16. The number of nitrogens with one attached hydrogen (secondary N) is 1. The number of benzene rings is 1. The molecule has 2 rings (SSSR count). The van der Waals surface area contributed by atoms with E-state index >= 15 is 0 Å². The third-order valence-corrected chi connectivity index (χ3v) is 3.87. The summed E-state index contributed by atoms with van der Waals surface area (Å²) in [5, 5.41) is 21.6. The number of amides is 1. The van der Waals surface area contributed by atoms with Crippen molar-refractivity contribution in [2.24, 2.45) is 5.73 Å². The van der Waals surface area contributed by atoms with E-state index < -0.39 is 30.3 Å². The fourth-order valence-electron chi connectivity index (χ4n) is 2.60. The Hall–Kier alpha value is -2.63. The Bertz CT molecular complexity index is 729. The lowest BCUT2D eigenvalue weighted by Crippen LogP contribution is -2.42. The summed E-state index contributed by atoms with van der Waals surface area (Å²) in [4.78, 5) is 33.8. The van der Waals surface area contributed by atoms with Crippen LogP contribution < -0.4 is 15.8 Å². The molecule has 0 aromatic heterocycles. The average molecular weight is 392 g/mol. The quantitative estimate of drug-likeness (QED) is 0.451. The third-order valence-electron chi connectivity index (χ3n) is 3.87. The Morgan fingerprint density at radius 2 is 2.07 bits per heavy atom. The van der Waals surface area contributed by atoms with Crippen molar-refractivity contribution in [1.82, 2.24) is 0 Å². The summed E-state index contributed by atoms with van der Waals surface area (Å²) in [5.41, 5.74) is 6.15. The maximum Gasteiger partial charge on any atom is 0.333 e. The fourth-order valence-corrected chi connectivity index (χ4v) is 2.60. The number of aliphatic carboxylic acids is 1. The number of hydrogen-bond donors (Lipinski definition) is 4. The standard InChI is InChI=1S/C17H21BN2O8/c18-17(25)26-8-9-1-2-12(11(5-9)20-14(22)3-4-19)27-15-7-10(21)6-13(28-15)16(23)24/h1-2,5,10,13,15,21H,3-4,6-8,19H2,(H,20,22)(H,23,24)/t10-,13-,15+/m0/s1. The largest absolute Gasteiger partial charge is 0.479 e. The number of aliphatic hydroxyl groups excluding tert-OH is 1. The lowest BCUT2D eigenvalue weighted by molar-refractivity contribution is -0.195. The van der Waals surface area contributed by atoms with Gasteiger partial charge in [0.2, 0.25) is 25.9 Å². The summed E-state index contributed by atoms with van der Waals surface area (Å²) in [6.45, 7) is 0.0276. The lowest BCUT2D eigenvalue weighted by Gasteiger charge is -2.31. The van der Waals surface area contributed by atoms with Crippen LogP contribution in [0.4, 0.5) is 10.5 Å². The van der Waals surface area contributed by atoms with Gasteiger partial charge in [-0.15, -0.1) is 0 Å². The maximum atomic E-state index is 11.9. The van der Waals surface area contributed by atoms with E-state index in [0.717, 1.165) is 0 Å². The highest BCUT2D eigenvalue weighted by Crippen LogP contribution is 2.30. The molecule has 1 heterocycles. The molecule has 1 aliphatic rings. The number of carbonyl (C=O) groups is 3. The molecule has 0 spiro atoms. The van der Waals surface area contributed by atoms with Gasteiger partial charge in [-0.05, 0) is 17.7 Å². The highest BCUT2D eigenvalue weighted by atomic mass is 16.7. The molecule has 11 heteroatoms. The molecule has 1 aliphatic heterocycles. The van der Waals surface area contributed by atoms with Crippen molar-refractivity contribution >= 4 is 31.3 Å². The fraction of sp³-hybridized carbons (Fsp3) is 0.471. The Morgan fingerprint density at radius 3 is 2.71 bits per heavy atom. The van der Waals surface area contributed by atoms with Crippen molar-refractivity contribution in [2.45, 2.75) is 44.4 Å². The number of anilines is 1. The first-order valence-electron chi connectivity index (χ1n) is 8.56. The maximum absolute atomic E-state index is 11.9. The van der Waals surface area contributed by atoms with Crippen LogP contribution in [0.15, 0.2) is 18.2 Å². The second kappa shape index (κ2) is 10.1. The molecule has 150 valence electrons. The van der Waals surface area contributed by atoms with E-state index in [9.17, 15) is 19.5 Å². The van der Waals surface area contributed by atoms with Crippen molar-refractivity contribution in [3.05, 3.63) is 23.8 Å². The van der Waals surface area contributed by atoms with Gasteiger partial charge >= 0.3 is 5.97 Å². The van der Waals surface area contributed by atoms with Gasteiger partial charge in [0.15, 0.2) is 6.10 Å². The first-order valence-corrected chi connectivity index (χ1v) is 8.56. The van der Waals surface area contributed by atoms with Gasteiger partial charge in [0.1, 0.15) is 12.4 Å². The Balaban J connectivity index is 2.19. The number of aliphatic hydroxyl groups is 1.